The Balaban J connectivity index is 0.000000236. The van der Waals surface area contributed by atoms with Crippen LogP contribution in [0.3, 0.4) is 0 Å². The molecular weight excluding hydrogens is 353 g/mol. The molecule has 0 bridgehead atoms. The molecule has 0 radical (unpaired) electrons. The third-order valence-electron chi connectivity index (χ3n) is 4.35. The first-order valence-electron chi connectivity index (χ1n) is 7.92. The predicted octanol–water partition coefficient (Wildman–Crippen LogP) is 0.743. The first kappa shape index (κ1) is 19.7. The van der Waals surface area contributed by atoms with Gasteiger partial charge in [0.2, 0.25) is 0 Å². The molecule has 2 aliphatic heterocycles. The molecule has 2 saturated heterocycles. The number of nitrogens with zero attached hydrogens (tertiary/aromatic N) is 2. The maximum Gasteiger partial charge on any atom is 0.335 e. The van der Waals surface area contributed by atoms with Crippen LogP contribution < -0.4 is 5.73 Å². The Morgan fingerprint density at radius 3 is 2.00 bits per heavy atom. The highest BCUT2D eigenvalue weighted by Gasteiger charge is 2.27. The van der Waals surface area contributed by atoms with Gasteiger partial charge in [-0.25, -0.2) is 9.45 Å². The van der Waals surface area contributed by atoms with Gasteiger partial charge >= 0.3 is 10.3 Å². The van der Waals surface area contributed by atoms with Crippen LogP contribution in [0.1, 0.15) is 30.7 Å². The minimum atomic E-state index is -4.06. The zero-order chi connectivity index (χ0) is 18.6. The topological polar surface area (TPSA) is 124 Å². The normalized spacial score (nSPS) is 22.6. The van der Waals surface area contributed by atoms with E-state index in [9.17, 15) is 17.6 Å². The highest BCUT2D eigenvalue weighted by Crippen LogP contribution is 2.28. The molecule has 4 N–H and O–H groups in total. The lowest BCUT2D eigenvalue weighted by Crippen LogP contribution is -2.37. The predicted molar refractivity (Wildman–Crippen MR) is 87.6 cm³/mol. The molecule has 8 nitrogen and oxygen atoms in total. The number of hydroxylamine groups is 2. The number of nitrogens with two attached hydrogens (primary N) is 1. The fourth-order valence-corrected chi connectivity index (χ4v) is 3.51. The maximum absolute atomic E-state index is 12.8. The van der Waals surface area contributed by atoms with Crippen LogP contribution in [0.4, 0.5) is 4.39 Å². The van der Waals surface area contributed by atoms with E-state index in [4.69, 9.17) is 15.5 Å². The second kappa shape index (κ2) is 8.19. The van der Waals surface area contributed by atoms with Gasteiger partial charge in [-0.2, -0.15) is 12.7 Å². The molecule has 0 spiro atoms. The van der Waals surface area contributed by atoms with Gasteiger partial charge in [0.25, 0.3) is 5.91 Å². The molecule has 2 heterocycles. The fraction of sp³-hybridized carbons (Fsp3) is 0.533. The summed E-state index contributed by atoms with van der Waals surface area (Å²) in [5.41, 5.74) is 6.23. The molecular formula is C15H22FN3O5S. The third-order valence-corrected chi connectivity index (χ3v) is 5.36. The number of piperidine rings is 1. The zero-order valence-electron chi connectivity index (χ0n) is 13.6. The van der Waals surface area contributed by atoms with Crippen molar-refractivity contribution >= 4 is 16.2 Å². The lowest BCUT2D eigenvalue weighted by Gasteiger charge is -2.29. The molecule has 0 aliphatic carbocycles. The number of benzene rings is 1. The van der Waals surface area contributed by atoms with E-state index in [0.717, 1.165) is 9.87 Å². The second-order valence-electron chi connectivity index (χ2n) is 6.06. The van der Waals surface area contributed by atoms with Crippen molar-refractivity contribution in [1.82, 2.24) is 9.37 Å². The van der Waals surface area contributed by atoms with Gasteiger partial charge in [0.05, 0.1) is 12.6 Å². The minimum Gasteiger partial charge on any atom is -0.320 e. The first-order valence-corrected chi connectivity index (χ1v) is 9.32. The molecule has 2 fully saturated rings. The van der Waals surface area contributed by atoms with Gasteiger partial charge < -0.3 is 5.73 Å². The van der Waals surface area contributed by atoms with Crippen molar-refractivity contribution in [3.63, 3.8) is 0 Å². The number of halogens is 1. The maximum atomic E-state index is 12.8. The van der Waals surface area contributed by atoms with Crippen molar-refractivity contribution in [1.29, 1.82) is 0 Å². The van der Waals surface area contributed by atoms with Crippen LogP contribution in [0, 0.1) is 5.82 Å². The van der Waals surface area contributed by atoms with Gasteiger partial charge in [-0.15, -0.1) is 0 Å². The Morgan fingerprint density at radius 2 is 1.64 bits per heavy atom. The Labute approximate surface area is 145 Å². The quantitative estimate of drug-likeness (QED) is 0.517. The van der Waals surface area contributed by atoms with Crippen LogP contribution >= 0.6 is 0 Å². The molecule has 1 aromatic rings. The van der Waals surface area contributed by atoms with Gasteiger partial charge in [0, 0.05) is 13.1 Å². The van der Waals surface area contributed by atoms with Crippen molar-refractivity contribution in [2.75, 3.05) is 19.6 Å². The standard InChI is InChI=1S/C11H14FNO3S.C4H8N2O2/c12-11-3-1-9(2-4-11)10-5-7-13(8-6-10)17(14,15)16;5-3-1-2-6(8)4(3)7/h1-4,10H,5-8H2,(H,14,15,16);3,8H,1-2,5H2. The smallest absolute Gasteiger partial charge is 0.320 e. The summed E-state index contributed by atoms with van der Waals surface area (Å²) in [6.07, 6.45) is 1.85. The number of carbonyl (C=O) groups excluding carboxylic acids is 1. The molecule has 3 rings (SSSR count). The highest BCUT2D eigenvalue weighted by atomic mass is 32.2. The van der Waals surface area contributed by atoms with Crippen molar-refractivity contribution in [2.24, 2.45) is 5.73 Å². The number of amides is 1. The summed E-state index contributed by atoms with van der Waals surface area (Å²) in [6, 6.07) is 5.79. The molecule has 2 aliphatic rings. The van der Waals surface area contributed by atoms with E-state index in [0.29, 0.717) is 44.0 Å². The van der Waals surface area contributed by atoms with Crippen molar-refractivity contribution in [3.05, 3.63) is 35.6 Å². The fourth-order valence-electron chi connectivity index (χ4n) is 2.84. The summed E-state index contributed by atoms with van der Waals surface area (Å²) >= 11 is 0. The largest absolute Gasteiger partial charge is 0.335 e. The monoisotopic (exact) mass is 375 g/mol. The van der Waals surface area contributed by atoms with Crippen molar-refractivity contribution in [2.45, 2.75) is 31.2 Å². The van der Waals surface area contributed by atoms with Crippen LogP contribution in [-0.4, -0.2) is 59.1 Å². The van der Waals surface area contributed by atoms with Crippen LogP contribution in [-0.2, 0) is 15.1 Å². The zero-order valence-corrected chi connectivity index (χ0v) is 14.4. The molecule has 10 heteroatoms. The average Bonchev–Trinajstić information content (AvgIpc) is 2.87. The van der Waals surface area contributed by atoms with E-state index in [1.165, 1.54) is 12.1 Å². The van der Waals surface area contributed by atoms with E-state index in [1.807, 2.05) is 0 Å². The van der Waals surface area contributed by atoms with E-state index in [-0.39, 0.29) is 17.6 Å². The van der Waals surface area contributed by atoms with E-state index >= 15 is 0 Å². The number of carbonyl (C=O) groups is 1. The van der Waals surface area contributed by atoms with E-state index in [1.54, 1.807) is 12.1 Å². The number of hydrogen-bond donors (Lipinski definition) is 3. The van der Waals surface area contributed by atoms with Crippen molar-refractivity contribution in [3.8, 4) is 0 Å². The summed E-state index contributed by atoms with van der Waals surface area (Å²) in [7, 11) is -4.06. The minimum absolute atomic E-state index is 0.230. The molecule has 140 valence electrons. The average molecular weight is 375 g/mol. The van der Waals surface area contributed by atoms with Gasteiger partial charge in [-0.05, 0) is 42.9 Å². The Hall–Kier alpha value is -1.59. The summed E-state index contributed by atoms with van der Waals surface area (Å²) in [5.74, 6) is -0.414. The van der Waals surface area contributed by atoms with Gasteiger partial charge in [0.15, 0.2) is 0 Å². The Morgan fingerprint density at radius 1 is 1.08 bits per heavy atom. The van der Waals surface area contributed by atoms with Crippen LogP contribution in [0.2, 0.25) is 0 Å². The van der Waals surface area contributed by atoms with E-state index in [2.05, 4.69) is 0 Å². The Kier molecular flexibility index (Phi) is 6.47. The van der Waals surface area contributed by atoms with Crippen LogP contribution in [0.15, 0.2) is 24.3 Å². The SMILES string of the molecule is NC1CCN(O)C1=O.O=S(=O)(O)N1CCC(c2ccc(F)cc2)CC1. The molecule has 1 atom stereocenters. The van der Waals surface area contributed by atoms with Gasteiger partial charge in [-0.1, -0.05) is 12.1 Å². The lowest BCUT2D eigenvalue weighted by atomic mass is 9.90. The Bertz CT molecular complexity index is 678. The van der Waals surface area contributed by atoms with Gasteiger partial charge in [-0.3, -0.25) is 14.6 Å². The number of rotatable bonds is 2. The first-order chi connectivity index (χ1) is 11.7. The molecule has 0 saturated carbocycles. The molecule has 1 amide bonds. The summed E-state index contributed by atoms with van der Waals surface area (Å²) < 4.78 is 44.5. The molecule has 1 aromatic carbocycles. The summed E-state index contributed by atoms with van der Waals surface area (Å²) in [5, 5.41) is 9.23. The third kappa shape index (κ3) is 5.44. The van der Waals surface area contributed by atoms with Crippen LogP contribution in [0.5, 0.6) is 0 Å². The molecule has 25 heavy (non-hydrogen) atoms. The number of hydrogen-bond acceptors (Lipinski definition) is 5. The van der Waals surface area contributed by atoms with Crippen LogP contribution in [0.25, 0.3) is 0 Å². The lowest BCUT2D eigenvalue weighted by molar-refractivity contribution is -0.157. The molecule has 0 aromatic heterocycles. The summed E-state index contributed by atoms with van der Waals surface area (Å²) in [6.45, 7) is 0.988. The highest BCUT2D eigenvalue weighted by molar-refractivity contribution is 7.83. The van der Waals surface area contributed by atoms with Crippen molar-refractivity contribution < 1.29 is 27.4 Å². The van der Waals surface area contributed by atoms with Gasteiger partial charge in [0.1, 0.15) is 5.82 Å². The van der Waals surface area contributed by atoms with E-state index < -0.39 is 16.3 Å². The summed E-state index contributed by atoms with van der Waals surface area (Å²) in [4.78, 5) is 10.5. The molecule has 1 unspecified atom stereocenters. The second-order valence-corrected chi connectivity index (χ2v) is 7.47.